The van der Waals surface area contributed by atoms with Crippen LogP contribution in [0.25, 0.3) is 16.6 Å². The lowest BCUT2D eigenvalue weighted by Gasteiger charge is -2.38. The average molecular weight is 518 g/mol. The number of piperidine rings is 1. The van der Waals surface area contributed by atoms with E-state index in [2.05, 4.69) is 52.2 Å². The van der Waals surface area contributed by atoms with E-state index in [0.29, 0.717) is 23.0 Å². The number of nitrogens with one attached hydrogen (secondary N) is 1. The molecule has 202 valence electrons. The van der Waals surface area contributed by atoms with E-state index in [0.717, 1.165) is 49.3 Å². The van der Waals surface area contributed by atoms with Crippen LogP contribution >= 0.6 is 0 Å². The number of dihydropyridines is 1. The second-order valence-corrected chi connectivity index (χ2v) is 11.2. The molecular weight excluding hydrogens is 478 g/mol. The first-order valence-corrected chi connectivity index (χ1v) is 13.8. The first kappa shape index (κ1) is 26.4. The summed E-state index contributed by atoms with van der Waals surface area (Å²) in [5.74, 6) is -0.875. The molecule has 9 nitrogen and oxygen atoms in total. The van der Waals surface area contributed by atoms with Gasteiger partial charge >= 0.3 is 0 Å². The van der Waals surface area contributed by atoms with Gasteiger partial charge in [-0.05, 0) is 84.8 Å². The minimum atomic E-state index is -0.440. The molecule has 0 aliphatic carbocycles. The lowest BCUT2D eigenvalue weighted by atomic mass is 9.95. The molecule has 0 saturated carbocycles. The van der Waals surface area contributed by atoms with Gasteiger partial charge in [0.25, 0.3) is 11.8 Å². The molecule has 3 aliphatic rings. The highest BCUT2D eigenvalue weighted by atomic mass is 16.2. The number of aliphatic imine (C=N–C) groups is 1. The van der Waals surface area contributed by atoms with Crippen molar-refractivity contribution in [3.8, 4) is 0 Å². The molecule has 1 saturated heterocycles. The Kier molecular flexibility index (Phi) is 7.59. The number of aromatic nitrogens is 3. The Morgan fingerprint density at radius 3 is 2.61 bits per heavy atom. The van der Waals surface area contributed by atoms with E-state index < -0.39 is 5.92 Å². The molecule has 1 N–H and O–H groups in total. The zero-order chi connectivity index (χ0) is 27.0. The van der Waals surface area contributed by atoms with E-state index in [4.69, 9.17) is 4.98 Å². The van der Waals surface area contributed by atoms with Crippen molar-refractivity contribution in [3.05, 3.63) is 41.2 Å². The van der Waals surface area contributed by atoms with E-state index in [1.54, 1.807) is 6.20 Å². The summed E-state index contributed by atoms with van der Waals surface area (Å²) in [5.41, 5.74) is 4.88. The number of amides is 2. The van der Waals surface area contributed by atoms with Gasteiger partial charge in [-0.3, -0.25) is 14.5 Å². The molecule has 9 heteroatoms. The maximum Gasteiger partial charge on any atom is 0.254 e. The fourth-order valence-corrected chi connectivity index (χ4v) is 5.80. The van der Waals surface area contributed by atoms with Crippen LogP contribution < -0.4 is 5.32 Å². The van der Waals surface area contributed by atoms with Crippen molar-refractivity contribution in [2.45, 2.75) is 59.0 Å². The van der Waals surface area contributed by atoms with Crippen LogP contribution in [0.15, 0.2) is 35.0 Å². The summed E-state index contributed by atoms with van der Waals surface area (Å²) in [6.45, 7) is 12.3. The topological polar surface area (TPSA) is 95.7 Å². The molecule has 0 radical (unpaired) electrons. The van der Waals surface area contributed by atoms with E-state index in [-0.39, 0.29) is 24.4 Å². The molecule has 38 heavy (non-hydrogen) atoms. The van der Waals surface area contributed by atoms with E-state index in [9.17, 15) is 9.59 Å². The van der Waals surface area contributed by atoms with Gasteiger partial charge in [0.05, 0.1) is 28.8 Å². The van der Waals surface area contributed by atoms with Gasteiger partial charge in [-0.25, -0.2) is 14.7 Å². The van der Waals surface area contributed by atoms with Gasteiger partial charge < -0.3 is 10.2 Å². The summed E-state index contributed by atoms with van der Waals surface area (Å²) >= 11 is 0. The highest BCUT2D eigenvalue weighted by molar-refractivity contribution is 6.07. The van der Waals surface area contributed by atoms with Crippen LogP contribution in [-0.2, 0) is 4.79 Å². The first-order valence-electron chi connectivity index (χ1n) is 13.8. The number of allylic oxidation sites excluding steroid dienone is 1. The van der Waals surface area contributed by atoms with Gasteiger partial charge in [0.15, 0.2) is 5.65 Å². The molecule has 2 aromatic heterocycles. The third-order valence-corrected chi connectivity index (χ3v) is 8.11. The summed E-state index contributed by atoms with van der Waals surface area (Å²) in [6, 6.07) is 2.64. The van der Waals surface area contributed by atoms with Crippen molar-refractivity contribution in [3.63, 3.8) is 0 Å². The van der Waals surface area contributed by atoms with Gasteiger partial charge in [0.1, 0.15) is 0 Å². The van der Waals surface area contributed by atoms with Crippen LogP contribution in [-0.4, -0.2) is 87.9 Å². The normalized spacial score (nSPS) is 22.0. The Hall–Kier alpha value is -3.17. The quantitative estimate of drug-likeness (QED) is 0.630. The Bertz CT molecular complexity index is 1330. The predicted octanol–water partition coefficient (Wildman–Crippen LogP) is 3.49. The molecule has 5 rings (SSSR count). The van der Waals surface area contributed by atoms with Gasteiger partial charge in [-0.2, -0.15) is 5.10 Å². The van der Waals surface area contributed by atoms with Crippen LogP contribution in [0.3, 0.4) is 0 Å². The molecule has 0 bridgehead atoms. The fourth-order valence-electron chi connectivity index (χ4n) is 5.80. The standard InChI is InChI=1S/C29H39N7O2/c1-18(2)36-27-25(17-31-36)23(28(37)30-16-24-19(3)14-20(4)32-29(24)38)15-26(33-27)21-6-12-35(13-7-21)22-8-10-34(5)11-9-22/h6,14-15,17-18,22,24H,7-13,16H2,1-5H3,(H,30,37). The second kappa shape index (κ2) is 10.9. The molecule has 1 unspecified atom stereocenters. The number of hydrogen-bond acceptors (Lipinski definition) is 6. The van der Waals surface area contributed by atoms with E-state index in [1.807, 2.05) is 30.7 Å². The number of fused-ring (bicyclic) bond motifs is 1. The summed E-state index contributed by atoms with van der Waals surface area (Å²) in [6.07, 6.45) is 9.24. The predicted molar refractivity (Wildman–Crippen MR) is 150 cm³/mol. The average Bonchev–Trinajstić information content (AvgIpc) is 3.32. The monoisotopic (exact) mass is 517 g/mol. The smallest absolute Gasteiger partial charge is 0.254 e. The Labute approximate surface area is 224 Å². The lowest BCUT2D eigenvalue weighted by Crippen LogP contribution is -2.45. The Balaban J connectivity index is 1.39. The molecule has 5 heterocycles. The fraction of sp³-hybridized carbons (Fsp3) is 0.552. The van der Waals surface area contributed by atoms with Crippen molar-refractivity contribution >= 4 is 34.1 Å². The van der Waals surface area contributed by atoms with Crippen LogP contribution in [0.4, 0.5) is 0 Å². The molecule has 1 atom stereocenters. The number of likely N-dealkylation sites (tertiary alicyclic amines) is 1. The van der Waals surface area contributed by atoms with Crippen LogP contribution in [0, 0.1) is 5.92 Å². The maximum atomic E-state index is 13.5. The van der Waals surface area contributed by atoms with Crippen LogP contribution in [0.2, 0.25) is 0 Å². The van der Waals surface area contributed by atoms with Gasteiger partial charge in [-0.15, -0.1) is 0 Å². The summed E-state index contributed by atoms with van der Waals surface area (Å²) < 4.78 is 1.87. The molecular formula is C29H39N7O2. The molecule has 0 spiro atoms. The van der Waals surface area contributed by atoms with Gasteiger partial charge in [-0.1, -0.05) is 11.6 Å². The van der Waals surface area contributed by atoms with Crippen LogP contribution in [0.1, 0.15) is 69.1 Å². The van der Waals surface area contributed by atoms with Crippen molar-refractivity contribution in [1.82, 2.24) is 29.9 Å². The zero-order valence-electron chi connectivity index (χ0n) is 23.2. The second-order valence-electron chi connectivity index (χ2n) is 11.2. The van der Waals surface area contributed by atoms with Crippen molar-refractivity contribution in [1.29, 1.82) is 0 Å². The van der Waals surface area contributed by atoms with E-state index >= 15 is 0 Å². The Morgan fingerprint density at radius 2 is 1.95 bits per heavy atom. The lowest BCUT2D eigenvalue weighted by molar-refractivity contribution is -0.120. The minimum Gasteiger partial charge on any atom is -0.351 e. The highest BCUT2D eigenvalue weighted by Crippen LogP contribution is 2.29. The molecule has 2 aromatic rings. The third-order valence-electron chi connectivity index (χ3n) is 8.11. The van der Waals surface area contributed by atoms with Crippen molar-refractivity contribution < 1.29 is 9.59 Å². The number of nitrogens with zero attached hydrogens (tertiary/aromatic N) is 6. The van der Waals surface area contributed by atoms with Crippen LogP contribution in [0.5, 0.6) is 0 Å². The third kappa shape index (κ3) is 5.35. The SMILES string of the molecule is CC1=CC(C)=NC(=O)C1CNC(=O)c1cc(C2=CCN(C3CCN(C)CC3)CC2)nc2c1cnn2C(C)C. The first-order chi connectivity index (χ1) is 18.2. The minimum absolute atomic E-state index is 0.111. The number of hydrogen-bond donors (Lipinski definition) is 1. The van der Waals surface area contributed by atoms with Crippen molar-refractivity contribution in [2.75, 3.05) is 39.8 Å². The Morgan fingerprint density at radius 1 is 1.18 bits per heavy atom. The van der Waals surface area contributed by atoms with E-state index in [1.165, 1.54) is 18.4 Å². The highest BCUT2D eigenvalue weighted by Gasteiger charge is 2.27. The maximum absolute atomic E-state index is 13.5. The summed E-state index contributed by atoms with van der Waals surface area (Å²) in [7, 11) is 2.20. The van der Waals surface area contributed by atoms with Gasteiger partial charge in [0.2, 0.25) is 0 Å². The summed E-state index contributed by atoms with van der Waals surface area (Å²) in [5, 5.41) is 8.26. The zero-order valence-corrected chi connectivity index (χ0v) is 23.2. The number of pyridine rings is 1. The number of carbonyl (C=O) groups excluding carboxylic acids is 2. The largest absolute Gasteiger partial charge is 0.351 e. The summed E-state index contributed by atoms with van der Waals surface area (Å²) in [4.78, 5) is 40.0. The molecule has 1 fully saturated rings. The molecule has 2 amide bonds. The molecule has 0 aromatic carbocycles. The number of rotatable bonds is 6. The van der Waals surface area contributed by atoms with Gasteiger partial charge in [0, 0.05) is 37.4 Å². The van der Waals surface area contributed by atoms with Crippen molar-refractivity contribution in [2.24, 2.45) is 10.9 Å². The molecule has 3 aliphatic heterocycles. The number of carbonyl (C=O) groups is 2.